The fourth-order valence-electron chi connectivity index (χ4n) is 4.98. The number of carbonyl (C=O) groups excluding carboxylic acids is 3. The van der Waals surface area contributed by atoms with Crippen molar-refractivity contribution in [2.24, 2.45) is 11.8 Å². The number of nitrogens with zero attached hydrogens (tertiary/aromatic N) is 1. The number of esters is 1. The highest BCUT2D eigenvalue weighted by atomic mass is 32.1. The molecular formula is C20H21NO5S. The number of hydrogen-bond donors (Lipinski definition) is 0. The molecule has 1 aliphatic carbocycles. The summed E-state index contributed by atoms with van der Waals surface area (Å²) < 4.78 is 11.2. The van der Waals surface area contributed by atoms with Crippen LogP contribution >= 0.6 is 11.3 Å². The SMILES string of the molecule is CCOC(=O)c1c(N2C(=O)[C@@H]3[C@@H](C2=O)[C@@]2(C)C=C[C@H]3O2)sc2c1CCCC2. The minimum Gasteiger partial charge on any atom is -0.462 e. The summed E-state index contributed by atoms with van der Waals surface area (Å²) in [4.78, 5) is 41.6. The Morgan fingerprint density at radius 3 is 2.85 bits per heavy atom. The maximum atomic E-state index is 13.3. The van der Waals surface area contributed by atoms with E-state index >= 15 is 0 Å². The first-order valence-electron chi connectivity index (χ1n) is 9.53. The lowest BCUT2D eigenvalue weighted by atomic mass is 9.78. The second-order valence-electron chi connectivity index (χ2n) is 7.75. The Morgan fingerprint density at radius 2 is 2.11 bits per heavy atom. The van der Waals surface area contributed by atoms with E-state index in [0.717, 1.165) is 36.1 Å². The summed E-state index contributed by atoms with van der Waals surface area (Å²) in [6.07, 6.45) is 7.12. The van der Waals surface area contributed by atoms with Crippen LogP contribution in [0.3, 0.4) is 0 Å². The van der Waals surface area contributed by atoms with E-state index in [-0.39, 0.29) is 24.5 Å². The summed E-state index contributed by atoms with van der Waals surface area (Å²) in [5, 5.41) is 0.452. The predicted octanol–water partition coefficient (Wildman–Crippen LogP) is 2.64. The lowest BCUT2D eigenvalue weighted by Crippen LogP contribution is -2.38. The van der Waals surface area contributed by atoms with Crippen molar-refractivity contribution in [2.75, 3.05) is 11.5 Å². The second kappa shape index (κ2) is 5.75. The van der Waals surface area contributed by atoms with Crippen molar-refractivity contribution in [3.05, 3.63) is 28.2 Å². The van der Waals surface area contributed by atoms with Gasteiger partial charge in [-0.15, -0.1) is 11.3 Å². The van der Waals surface area contributed by atoms with Gasteiger partial charge in [-0.1, -0.05) is 12.2 Å². The number of aryl methyl sites for hydroxylation is 1. The summed E-state index contributed by atoms with van der Waals surface area (Å²) in [6, 6.07) is 0. The molecule has 5 rings (SSSR count). The average Bonchev–Trinajstić information content (AvgIpc) is 3.34. The molecule has 6 nitrogen and oxygen atoms in total. The van der Waals surface area contributed by atoms with Gasteiger partial charge in [-0.25, -0.2) is 9.69 Å². The number of carbonyl (C=O) groups is 3. The summed E-state index contributed by atoms with van der Waals surface area (Å²) in [5.41, 5.74) is 0.642. The maximum absolute atomic E-state index is 13.3. The highest BCUT2D eigenvalue weighted by Gasteiger charge is 2.66. The highest BCUT2D eigenvalue weighted by Crippen LogP contribution is 2.54. The predicted molar refractivity (Wildman–Crippen MR) is 98.8 cm³/mol. The van der Waals surface area contributed by atoms with Gasteiger partial charge < -0.3 is 9.47 Å². The molecule has 1 aromatic rings. The van der Waals surface area contributed by atoms with Gasteiger partial charge in [0.2, 0.25) is 11.8 Å². The van der Waals surface area contributed by atoms with Gasteiger partial charge in [0.1, 0.15) is 5.00 Å². The standard InChI is InChI=1S/C20H21NO5S/c1-3-25-19(24)13-10-6-4-5-7-12(10)27-18(13)21-16(22)14-11-8-9-20(2,26-11)15(14)17(21)23/h8-9,11,14-15H,3-7H2,1-2H3/t11-,14+,15+,20-/m1/s1. The molecule has 4 atom stereocenters. The van der Waals surface area contributed by atoms with Gasteiger partial charge in [0.25, 0.3) is 0 Å². The summed E-state index contributed by atoms with van der Waals surface area (Å²) in [7, 11) is 0. The molecule has 0 N–H and O–H groups in total. The summed E-state index contributed by atoms with van der Waals surface area (Å²) in [5.74, 6) is -1.97. The van der Waals surface area contributed by atoms with Crippen LogP contribution in [0.4, 0.5) is 5.00 Å². The smallest absolute Gasteiger partial charge is 0.341 e. The molecule has 4 aliphatic rings. The number of ether oxygens (including phenoxy) is 2. The van der Waals surface area contributed by atoms with Crippen LogP contribution in [0.1, 0.15) is 47.5 Å². The highest BCUT2D eigenvalue weighted by molar-refractivity contribution is 7.17. The molecule has 0 unspecified atom stereocenters. The Bertz CT molecular complexity index is 902. The van der Waals surface area contributed by atoms with E-state index in [1.165, 1.54) is 16.2 Å². The molecular weight excluding hydrogens is 366 g/mol. The average molecular weight is 387 g/mol. The first-order valence-corrected chi connectivity index (χ1v) is 10.3. The Balaban J connectivity index is 1.61. The Morgan fingerprint density at radius 1 is 1.33 bits per heavy atom. The van der Waals surface area contributed by atoms with Gasteiger partial charge in [0, 0.05) is 4.88 Å². The molecule has 0 aromatic carbocycles. The number of thiophene rings is 1. The van der Waals surface area contributed by atoms with Gasteiger partial charge >= 0.3 is 5.97 Å². The third-order valence-corrected chi connectivity index (χ3v) is 7.44. The maximum Gasteiger partial charge on any atom is 0.341 e. The molecule has 1 aromatic heterocycles. The van der Waals surface area contributed by atoms with Crippen molar-refractivity contribution in [1.29, 1.82) is 0 Å². The van der Waals surface area contributed by atoms with Gasteiger partial charge in [-0.3, -0.25) is 9.59 Å². The van der Waals surface area contributed by atoms with Gasteiger partial charge in [-0.2, -0.15) is 0 Å². The molecule has 7 heteroatoms. The van der Waals surface area contributed by atoms with E-state index in [0.29, 0.717) is 10.6 Å². The quantitative estimate of drug-likeness (QED) is 0.453. The molecule has 2 fully saturated rings. The van der Waals surface area contributed by atoms with Crippen molar-refractivity contribution in [3.63, 3.8) is 0 Å². The van der Waals surface area contributed by atoms with Crippen LogP contribution in [0.25, 0.3) is 0 Å². The van der Waals surface area contributed by atoms with Crippen LogP contribution < -0.4 is 4.90 Å². The molecule has 0 saturated carbocycles. The lowest BCUT2D eigenvalue weighted by Gasteiger charge is -2.24. The van der Waals surface area contributed by atoms with Gasteiger partial charge in [-0.05, 0) is 45.1 Å². The van der Waals surface area contributed by atoms with Crippen LogP contribution in [0.2, 0.25) is 0 Å². The van der Waals surface area contributed by atoms with Crippen molar-refractivity contribution in [3.8, 4) is 0 Å². The minimum atomic E-state index is -0.738. The fraction of sp³-hybridized carbons (Fsp3) is 0.550. The van der Waals surface area contributed by atoms with E-state index in [2.05, 4.69) is 0 Å². The number of rotatable bonds is 3. The Labute approximate surface area is 161 Å². The van der Waals surface area contributed by atoms with Crippen LogP contribution in [0.15, 0.2) is 12.2 Å². The molecule has 2 amide bonds. The van der Waals surface area contributed by atoms with Crippen LogP contribution in [0.5, 0.6) is 0 Å². The zero-order valence-corrected chi connectivity index (χ0v) is 16.1. The van der Waals surface area contributed by atoms with E-state index in [9.17, 15) is 14.4 Å². The lowest BCUT2D eigenvalue weighted by molar-refractivity contribution is -0.126. The minimum absolute atomic E-state index is 0.257. The molecule has 2 saturated heterocycles. The topological polar surface area (TPSA) is 72.9 Å². The zero-order chi connectivity index (χ0) is 18.9. The Hall–Kier alpha value is -1.99. The van der Waals surface area contributed by atoms with E-state index in [4.69, 9.17) is 9.47 Å². The van der Waals surface area contributed by atoms with E-state index in [1.807, 2.05) is 19.1 Å². The monoisotopic (exact) mass is 387 g/mol. The zero-order valence-electron chi connectivity index (χ0n) is 15.3. The number of fused-ring (bicyclic) bond motifs is 6. The third kappa shape index (κ3) is 2.18. The molecule has 27 heavy (non-hydrogen) atoms. The second-order valence-corrected chi connectivity index (χ2v) is 8.84. The third-order valence-electron chi connectivity index (χ3n) is 6.16. The van der Waals surface area contributed by atoms with Crippen molar-refractivity contribution >= 4 is 34.1 Å². The molecule has 142 valence electrons. The van der Waals surface area contributed by atoms with Crippen molar-refractivity contribution in [2.45, 2.75) is 51.2 Å². The van der Waals surface area contributed by atoms with Gasteiger partial charge in [0.15, 0.2) is 0 Å². The number of hydrogen-bond acceptors (Lipinski definition) is 6. The van der Waals surface area contributed by atoms with Gasteiger partial charge in [0.05, 0.1) is 35.7 Å². The Kier molecular flexibility index (Phi) is 3.65. The summed E-state index contributed by atoms with van der Waals surface area (Å²) >= 11 is 1.40. The van der Waals surface area contributed by atoms with Crippen LogP contribution in [-0.4, -0.2) is 36.1 Å². The largest absolute Gasteiger partial charge is 0.462 e. The van der Waals surface area contributed by atoms with E-state index in [1.54, 1.807) is 6.92 Å². The normalized spacial score (nSPS) is 33.6. The molecule has 4 heterocycles. The van der Waals surface area contributed by atoms with Crippen LogP contribution in [-0.2, 0) is 31.9 Å². The first-order chi connectivity index (χ1) is 13.0. The molecule has 3 aliphatic heterocycles. The fourth-order valence-corrected chi connectivity index (χ4v) is 6.36. The number of imide groups is 1. The first kappa shape index (κ1) is 17.1. The number of anilines is 1. The molecule has 0 spiro atoms. The van der Waals surface area contributed by atoms with Crippen molar-refractivity contribution in [1.82, 2.24) is 0 Å². The van der Waals surface area contributed by atoms with Crippen LogP contribution in [0, 0.1) is 11.8 Å². The molecule has 2 bridgehead atoms. The number of amides is 2. The molecule has 0 radical (unpaired) electrons. The van der Waals surface area contributed by atoms with Crippen molar-refractivity contribution < 1.29 is 23.9 Å². The van der Waals surface area contributed by atoms with E-state index < -0.39 is 23.4 Å². The summed E-state index contributed by atoms with van der Waals surface area (Å²) in [6.45, 7) is 3.87.